The van der Waals surface area contributed by atoms with Crippen molar-refractivity contribution in [1.29, 1.82) is 0 Å². The van der Waals surface area contributed by atoms with Crippen LogP contribution < -0.4 is 0 Å². The average Bonchev–Trinajstić information content (AvgIpc) is 3.54. The standard InChI is InChI=1S/C35H27N3S/c1-37-31(24-14-6-3-7-15-24)22-29(23-12-4-2-5-13-23)36-35(37)38-30-18-10-8-16-25(30)27-20-21-28-26-17-9-11-19-32(26)39-34(28)33(27)38/h2-6,8-14,16-22,35H,7,15H2,1H3. The number of aliphatic imine (C=N–C) groups is 1. The molecule has 188 valence electrons. The van der Waals surface area contributed by atoms with E-state index in [1.165, 1.54) is 53.2 Å². The molecule has 0 bridgehead atoms. The zero-order valence-electron chi connectivity index (χ0n) is 21.7. The number of para-hydroxylation sites is 1. The van der Waals surface area contributed by atoms with Gasteiger partial charge in [-0.15, -0.1) is 11.3 Å². The molecule has 8 rings (SSSR count). The average molecular weight is 522 g/mol. The van der Waals surface area contributed by atoms with Crippen molar-refractivity contribution >= 4 is 59.0 Å². The highest BCUT2D eigenvalue weighted by Crippen LogP contribution is 2.44. The molecule has 3 nitrogen and oxygen atoms in total. The van der Waals surface area contributed by atoms with Gasteiger partial charge in [0, 0.05) is 39.0 Å². The quantitative estimate of drug-likeness (QED) is 0.227. The molecule has 2 aromatic heterocycles. The Kier molecular flexibility index (Phi) is 5.10. The van der Waals surface area contributed by atoms with Crippen molar-refractivity contribution < 1.29 is 0 Å². The van der Waals surface area contributed by atoms with Crippen molar-refractivity contribution in [3.8, 4) is 0 Å². The summed E-state index contributed by atoms with van der Waals surface area (Å²) in [6.45, 7) is 0. The largest absolute Gasteiger partial charge is 0.335 e. The van der Waals surface area contributed by atoms with Crippen molar-refractivity contribution in [3.05, 3.63) is 132 Å². The minimum atomic E-state index is -0.217. The smallest absolute Gasteiger partial charge is 0.203 e. The van der Waals surface area contributed by atoms with Crippen LogP contribution in [0.1, 0.15) is 24.7 Å². The Morgan fingerprint density at radius 1 is 0.795 bits per heavy atom. The molecule has 0 fully saturated rings. The predicted octanol–water partition coefficient (Wildman–Crippen LogP) is 9.21. The molecule has 0 N–H and O–H groups in total. The Morgan fingerprint density at radius 2 is 1.56 bits per heavy atom. The summed E-state index contributed by atoms with van der Waals surface area (Å²) in [6, 6.07) is 32.8. The third-order valence-corrected chi connectivity index (χ3v) is 9.31. The summed E-state index contributed by atoms with van der Waals surface area (Å²) in [4.78, 5) is 7.84. The molecule has 4 aromatic carbocycles. The third-order valence-electron chi connectivity index (χ3n) is 8.11. The lowest BCUT2D eigenvalue weighted by Gasteiger charge is -2.36. The van der Waals surface area contributed by atoms with Gasteiger partial charge >= 0.3 is 0 Å². The molecule has 1 aliphatic carbocycles. The van der Waals surface area contributed by atoms with Gasteiger partial charge in [-0.3, -0.25) is 4.57 Å². The maximum atomic E-state index is 5.47. The van der Waals surface area contributed by atoms with Gasteiger partial charge in [-0.05, 0) is 42.2 Å². The van der Waals surface area contributed by atoms with Crippen LogP contribution in [0.3, 0.4) is 0 Å². The molecule has 6 aromatic rings. The van der Waals surface area contributed by atoms with Crippen molar-refractivity contribution in [2.24, 2.45) is 4.99 Å². The number of aromatic nitrogens is 1. The van der Waals surface area contributed by atoms with Gasteiger partial charge < -0.3 is 4.90 Å². The molecule has 0 saturated carbocycles. The minimum Gasteiger partial charge on any atom is -0.335 e. The van der Waals surface area contributed by atoms with E-state index in [-0.39, 0.29) is 6.29 Å². The van der Waals surface area contributed by atoms with Gasteiger partial charge in [0.15, 0.2) is 0 Å². The molecule has 0 amide bonds. The van der Waals surface area contributed by atoms with Crippen LogP contribution in [-0.4, -0.2) is 22.2 Å². The van der Waals surface area contributed by atoms with Crippen molar-refractivity contribution in [2.75, 3.05) is 7.05 Å². The fraction of sp³-hybridized carbons (Fsp3) is 0.114. The number of benzene rings is 4. The van der Waals surface area contributed by atoms with Gasteiger partial charge in [-0.1, -0.05) is 97.1 Å². The highest BCUT2D eigenvalue weighted by atomic mass is 32.1. The van der Waals surface area contributed by atoms with E-state index < -0.39 is 0 Å². The maximum Gasteiger partial charge on any atom is 0.203 e. The van der Waals surface area contributed by atoms with E-state index in [1.807, 2.05) is 11.3 Å². The van der Waals surface area contributed by atoms with Gasteiger partial charge in [0.1, 0.15) is 0 Å². The van der Waals surface area contributed by atoms with Crippen molar-refractivity contribution in [3.63, 3.8) is 0 Å². The fourth-order valence-corrected chi connectivity index (χ4v) is 7.49. The van der Waals surface area contributed by atoms with E-state index in [4.69, 9.17) is 4.99 Å². The first-order chi connectivity index (χ1) is 19.3. The molecule has 4 heteroatoms. The lowest BCUT2D eigenvalue weighted by Crippen LogP contribution is -2.32. The highest BCUT2D eigenvalue weighted by molar-refractivity contribution is 7.26. The maximum absolute atomic E-state index is 5.47. The number of hydrogen-bond acceptors (Lipinski definition) is 3. The second kappa shape index (κ2) is 8.82. The number of likely N-dealkylation sites (N-methyl/N-ethyl adjacent to an activating group) is 1. The number of hydrogen-bond donors (Lipinski definition) is 0. The second-order valence-electron chi connectivity index (χ2n) is 10.3. The van der Waals surface area contributed by atoms with Crippen LogP contribution in [0.5, 0.6) is 0 Å². The first-order valence-corrected chi connectivity index (χ1v) is 14.4. The summed E-state index contributed by atoms with van der Waals surface area (Å²) in [6.07, 6.45) is 10.9. The van der Waals surface area contributed by atoms with Gasteiger partial charge in [-0.2, -0.15) is 0 Å². The number of allylic oxidation sites excluding steroid dienone is 5. The number of fused-ring (bicyclic) bond motifs is 7. The number of thiophene rings is 1. The molecule has 3 heterocycles. The summed E-state index contributed by atoms with van der Waals surface area (Å²) >= 11 is 1.89. The van der Waals surface area contributed by atoms with Crippen LogP contribution in [0.4, 0.5) is 0 Å². The molecule has 1 aliphatic heterocycles. The molecular formula is C35H27N3S. The molecular weight excluding hydrogens is 494 g/mol. The first-order valence-electron chi connectivity index (χ1n) is 13.5. The van der Waals surface area contributed by atoms with Gasteiger partial charge in [0.2, 0.25) is 6.29 Å². The molecule has 1 atom stereocenters. The zero-order chi connectivity index (χ0) is 25.9. The van der Waals surface area contributed by atoms with Gasteiger partial charge in [-0.25, -0.2) is 4.99 Å². The van der Waals surface area contributed by atoms with Gasteiger partial charge in [0.25, 0.3) is 0 Å². The Bertz CT molecular complexity index is 2030. The van der Waals surface area contributed by atoms with E-state index in [0.29, 0.717) is 0 Å². The molecule has 39 heavy (non-hydrogen) atoms. The summed E-state index contributed by atoms with van der Waals surface area (Å²) < 4.78 is 5.13. The zero-order valence-corrected chi connectivity index (χ0v) is 22.5. The van der Waals surface area contributed by atoms with Crippen molar-refractivity contribution in [1.82, 2.24) is 9.47 Å². The third kappa shape index (κ3) is 3.45. The van der Waals surface area contributed by atoms with Crippen LogP contribution in [0.15, 0.2) is 132 Å². The lowest BCUT2D eigenvalue weighted by molar-refractivity contribution is 0.246. The SMILES string of the molecule is CN1C(C2=CC=CCC2)=CC(c2ccccc2)=NC1n1c2ccccc2c2ccc3c4ccccc4sc3c21. The van der Waals surface area contributed by atoms with Crippen LogP contribution >= 0.6 is 11.3 Å². The fourth-order valence-electron chi connectivity index (χ4n) is 6.24. The number of rotatable bonds is 3. The van der Waals surface area contributed by atoms with Crippen LogP contribution in [0.25, 0.3) is 42.0 Å². The topological polar surface area (TPSA) is 20.5 Å². The van der Waals surface area contributed by atoms with E-state index in [0.717, 1.165) is 24.1 Å². The van der Waals surface area contributed by atoms with E-state index in [9.17, 15) is 0 Å². The van der Waals surface area contributed by atoms with Crippen molar-refractivity contribution in [2.45, 2.75) is 19.1 Å². The van der Waals surface area contributed by atoms with Crippen LogP contribution in [0.2, 0.25) is 0 Å². The Balaban J connectivity index is 1.46. The van der Waals surface area contributed by atoms with Gasteiger partial charge in [0.05, 0.1) is 21.4 Å². The van der Waals surface area contributed by atoms with Crippen LogP contribution in [-0.2, 0) is 0 Å². The molecule has 0 saturated heterocycles. The van der Waals surface area contributed by atoms with Crippen LogP contribution in [0, 0.1) is 0 Å². The Hall–Kier alpha value is -4.41. The first kappa shape index (κ1) is 22.6. The summed E-state index contributed by atoms with van der Waals surface area (Å²) in [5, 5.41) is 5.19. The summed E-state index contributed by atoms with van der Waals surface area (Å²) in [7, 11) is 2.20. The molecule has 2 aliphatic rings. The normalized spacial score (nSPS) is 17.7. The van der Waals surface area contributed by atoms with E-state index in [1.54, 1.807) is 0 Å². The molecule has 1 unspecified atom stereocenters. The van der Waals surface area contributed by atoms with E-state index >= 15 is 0 Å². The minimum absolute atomic E-state index is 0.217. The van der Waals surface area contributed by atoms with E-state index in [2.05, 4.69) is 132 Å². The highest BCUT2D eigenvalue weighted by Gasteiger charge is 2.29. The summed E-state index contributed by atoms with van der Waals surface area (Å²) in [5.74, 6) is 0. The summed E-state index contributed by atoms with van der Waals surface area (Å²) in [5.41, 5.74) is 7.26. The number of nitrogens with zero attached hydrogens (tertiary/aromatic N) is 3. The Morgan fingerprint density at radius 3 is 2.41 bits per heavy atom. The molecule has 0 radical (unpaired) electrons. The monoisotopic (exact) mass is 521 g/mol. The molecule has 0 spiro atoms. The predicted molar refractivity (Wildman–Crippen MR) is 167 cm³/mol. The lowest BCUT2D eigenvalue weighted by atomic mass is 9.97. The Labute approximate surface area is 231 Å². The second-order valence-corrected chi connectivity index (χ2v) is 11.4.